The number of aromatic nitrogens is 2. The van der Waals surface area contributed by atoms with E-state index < -0.39 is 0 Å². The standard InChI is InChI=1S/C9H14N8/c10-8(11)16-15-6-2-1-3-7-5(6)4-14-17(7)9(12)13/h4H,1-3H2,(H3,12,13)(H4,10,11,16)/b15-6+. The fourth-order valence-electron chi connectivity index (χ4n) is 1.84. The molecule has 1 aliphatic carbocycles. The van der Waals surface area contributed by atoms with Crippen LogP contribution >= 0.6 is 0 Å². The van der Waals surface area contributed by atoms with Gasteiger partial charge in [0.25, 0.3) is 0 Å². The molecule has 0 aliphatic heterocycles. The first-order chi connectivity index (χ1) is 8.09. The van der Waals surface area contributed by atoms with E-state index in [1.54, 1.807) is 6.20 Å². The van der Waals surface area contributed by atoms with Crippen molar-refractivity contribution in [2.24, 2.45) is 27.4 Å². The minimum absolute atomic E-state index is 0.0800. The van der Waals surface area contributed by atoms with Crippen molar-refractivity contribution >= 4 is 17.6 Å². The molecule has 1 aliphatic rings. The van der Waals surface area contributed by atoms with Gasteiger partial charge in [-0.2, -0.15) is 10.2 Å². The summed E-state index contributed by atoms with van der Waals surface area (Å²) in [6, 6.07) is 0. The van der Waals surface area contributed by atoms with Crippen LogP contribution in [-0.4, -0.2) is 27.4 Å². The van der Waals surface area contributed by atoms with Gasteiger partial charge in [0.15, 0.2) is 0 Å². The van der Waals surface area contributed by atoms with Crippen LogP contribution in [0.4, 0.5) is 0 Å². The molecule has 0 fully saturated rings. The highest BCUT2D eigenvalue weighted by Crippen LogP contribution is 2.21. The molecule has 1 aromatic rings. The van der Waals surface area contributed by atoms with Gasteiger partial charge in [-0.1, -0.05) is 0 Å². The first-order valence-electron chi connectivity index (χ1n) is 5.16. The molecule has 1 aromatic heterocycles. The molecule has 0 saturated heterocycles. The van der Waals surface area contributed by atoms with Crippen LogP contribution in [0.25, 0.3) is 0 Å². The van der Waals surface area contributed by atoms with Gasteiger partial charge in [0.1, 0.15) is 0 Å². The zero-order chi connectivity index (χ0) is 12.4. The topological polar surface area (TPSA) is 144 Å². The van der Waals surface area contributed by atoms with Crippen molar-refractivity contribution in [1.82, 2.24) is 9.78 Å². The summed E-state index contributed by atoms with van der Waals surface area (Å²) in [5.74, 6) is -0.182. The maximum absolute atomic E-state index is 7.40. The van der Waals surface area contributed by atoms with Gasteiger partial charge in [-0.05, 0) is 19.3 Å². The Morgan fingerprint density at radius 3 is 2.76 bits per heavy atom. The SMILES string of the molecule is N=C(N)n1ncc2c1CCC/C2=N\N=C(N)N. The Labute approximate surface area is 97.7 Å². The highest BCUT2D eigenvalue weighted by molar-refractivity contribution is 6.03. The molecule has 8 heteroatoms. The Hall–Kier alpha value is -2.38. The second kappa shape index (κ2) is 4.24. The number of nitrogens with zero attached hydrogens (tertiary/aromatic N) is 4. The number of hydrogen-bond donors (Lipinski definition) is 4. The lowest BCUT2D eigenvalue weighted by Gasteiger charge is -2.14. The number of nitrogens with one attached hydrogen (secondary N) is 1. The van der Waals surface area contributed by atoms with Crippen molar-refractivity contribution in [3.05, 3.63) is 17.5 Å². The third-order valence-corrected chi connectivity index (χ3v) is 2.52. The van der Waals surface area contributed by atoms with Crippen molar-refractivity contribution in [1.29, 1.82) is 5.41 Å². The van der Waals surface area contributed by atoms with Crippen molar-refractivity contribution in [3.8, 4) is 0 Å². The first kappa shape index (κ1) is 11.1. The second-order valence-corrected chi connectivity index (χ2v) is 3.73. The molecule has 0 unspecified atom stereocenters. The van der Waals surface area contributed by atoms with Gasteiger partial charge in [-0.15, -0.1) is 5.10 Å². The van der Waals surface area contributed by atoms with Gasteiger partial charge in [-0.3, -0.25) is 5.41 Å². The van der Waals surface area contributed by atoms with Crippen LogP contribution in [0.15, 0.2) is 16.4 Å². The normalized spacial score (nSPS) is 16.6. The summed E-state index contributed by atoms with van der Waals surface area (Å²) in [6.45, 7) is 0. The van der Waals surface area contributed by atoms with Gasteiger partial charge in [0.05, 0.1) is 17.6 Å². The summed E-state index contributed by atoms with van der Waals surface area (Å²) < 4.78 is 1.40. The molecular formula is C9H14N8. The smallest absolute Gasteiger partial charge is 0.213 e. The second-order valence-electron chi connectivity index (χ2n) is 3.73. The summed E-state index contributed by atoms with van der Waals surface area (Å²) in [5, 5.41) is 19.1. The number of hydrogen-bond acceptors (Lipinski definition) is 4. The molecule has 1 heterocycles. The monoisotopic (exact) mass is 234 g/mol. The summed E-state index contributed by atoms with van der Waals surface area (Å²) in [5.41, 5.74) is 18.4. The Bertz CT molecular complexity index is 505. The predicted octanol–water partition coefficient (Wildman–Crippen LogP) is -1.06. The van der Waals surface area contributed by atoms with Gasteiger partial charge < -0.3 is 17.2 Å². The van der Waals surface area contributed by atoms with E-state index in [9.17, 15) is 0 Å². The molecule has 8 nitrogen and oxygen atoms in total. The fraction of sp³-hybridized carbons (Fsp3) is 0.333. The molecule has 0 atom stereocenters. The van der Waals surface area contributed by atoms with Crippen LogP contribution < -0.4 is 17.2 Å². The van der Waals surface area contributed by atoms with E-state index in [1.807, 2.05) is 0 Å². The maximum Gasteiger partial charge on any atom is 0.213 e. The van der Waals surface area contributed by atoms with Crippen LogP contribution in [-0.2, 0) is 6.42 Å². The molecule has 2 rings (SSSR count). The number of guanidine groups is 1. The molecule has 0 spiro atoms. The van der Waals surface area contributed by atoms with Gasteiger partial charge >= 0.3 is 0 Å². The lowest BCUT2D eigenvalue weighted by atomic mass is 9.96. The quantitative estimate of drug-likeness (QED) is 0.279. The van der Waals surface area contributed by atoms with E-state index in [-0.39, 0.29) is 11.9 Å². The van der Waals surface area contributed by atoms with Crippen LogP contribution in [0.2, 0.25) is 0 Å². The number of fused-ring (bicyclic) bond motifs is 1. The third kappa shape index (κ3) is 2.10. The minimum Gasteiger partial charge on any atom is -0.369 e. The van der Waals surface area contributed by atoms with E-state index in [0.29, 0.717) is 0 Å². The summed E-state index contributed by atoms with van der Waals surface area (Å²) in [7, 11) is 0. The molecule has 0 aromatic carbocycles. The number of nitrogen functional groups attached to an aromatic ring is 1. The summed E-state index contributed by atoms with van der Waals surface area (Å²) in [6.07, 6.45) is 4.14. The molecule has 0 bridgehead atoms. The first-order valence-corrected chi connectivity index (χ1v) is 5.16. The predicted molar refractivity (Wildman–Crippen MR) is 64.8 cm³/mol. The lowest BCUT2D eigenvalue weighted by molar-refractivity contribution is 0.759. The van der Waals surface area contributed by atoms with Gasteiger partial charge in [-0.25, -0.2) is 4.68 Å². The van der Waals surface area contributed by atoms with Gasteiger partial charge in [0.2, 0.25) is 11.9 Å². The lowest BCUT2D eigenvalue weighted by Crippen LogP contribution is -2.26. The molecule has 90 valence electrons. The van der Waals surface area contributed by atoms with E-state index in [0.717, 1.165) is 36.2 Å². The Kier molecular flexibility index (Phi) is 2.77. The van der Waals surface area contributed by atoms with E-state index in [1.165, 1.54) is 4.68 Å². The van der Waals surface area contributed by atoms with Crippen molar-refractivity contribution in [3.63, 3.8) is 0 Å². The Morgan fingerprint density at radius 1 is 1.35 bits per heavy atom. The molecule has 7 N–H and O–H groups in total. The number of nitrogens with two attached hydrogens (primary N) is 3. The van der Waals surface area contributed by atoms with Crippen LogP contribution in [0.1, 0.15) is 24.1 Å². The molecule has 0 radical (unpaired) electrons. The van der Waals surface area contributed by atoms with Crippen LogP contribution in [0, 0.1) is 5.41 Å². The number of rotatable bonds is 1. The van der Waals surface area contributed by atoms with Crippen molar-refractivity contribution in [2.75, 3.05) is 0 Å². The summed E-state index contributed by atoms with van der Waals surface area (Å²) >= 11 is 0. The van der Waals surface area contributed by atoms with Gasteiger partial charge in [0, 0.05) is 5.56 Å². The van der Waals surface area contributed by atoms with E-state index in [2.05, 4.69) is 15.3 Å². The molecule has 17 heavy (non-hydrogen) atoms. The largest absolute Gasteiger partial charge is 0.369 e. The highest BCUT2D eigenvalue weighted by Gasteiger charge is 2.21. The fourth-order valence-corrected chi connectivity index (χ4v) is 1.84. The van der Waals surface area contributed by atoms with Crippen molar-refractivity contribution in [2.45, 2.75) is 19.3 Å². The Morgan fingerprint density at radius 2 is 2.12 bits per heavy atom. The third-order valence-electron chi connectivity index (χ3n) is 2.52. The highest BCUT2D eigenvalue weighted by atomic mass is 15.3. The minimum atomic E-state index is -0.102. The van der Waals surface area contributed by atoms with E-state index >= 15 is 0 Å². The molecular weight excluding hydrogens is 220 g/mol. The zero-order valence-corrected chi connectivity index (χ0v) is 9.22. The Balaban J connectivity index is 2.43. The molecule has 0 saturated carbocycles. The van der Waals surface area contributed by atoms with Crippen molar-refractivity contribution < 1.29 is 0 Å². The zero-order valence-electron chi connectivity index (χ0n) is 9.22. The van der Waals surface area contributed by atoms with Crippen LogP contribution in [0.3, 0.4) is 0 Å². The average molecular weight is 234 g/mol. The summed E-state index contributed by atoms with van der Waals surface area (Å²) in [4.78, 5) is 0. The molecule has 0 amide bonds. The average Bonchev–Trinajstić information content (AvgIpc) is 2.70. The van der Waals surface area contributed by atoms with E-state index in [4.69, 9.17) is 22.6 Å². The maximum atomic E-state index is 7.40. The van der Waals surface area contributed by atoms with Crippen LogP contribution in [0.5, 0.6) is 0 Å².